The predicted molar refractivity (Wildman–Crippen MR) is 106 cm³/mol. The lowest BCUT2D eigenvalue weighted by molar-refractivity contribution is -0.113. The van der Waals surface area contributed by atoms with Gasteiger partial charge in [0.15, 0.2) is 5.17 Å². The molecule has 1 amide bonds. The number of amidine groups is 1. The molecule has 132 valence electrons. The Morgan fingerprint density at radius 1 is 0.962 bits per heavy atom. The molecular weight excluding hydrogens is 346 g/mol. The van der Waals surface area contributed by atoms with E-state index in [2.05, 4.69) is 39.1 Å². The van der Waals surface area contributed by atoms with Gasteiger partial charge < -0.3 is 14.9 Å². The van der Waals surface area contributed by atoms with Crippen LogP contribution in [0.4, 0.5) is 5.69 Å². The number of piperazine rings is 1. The molecule has 0 unspecified atom stereocenters. The molecule has 26 heavy (non-hydrogen) atoms. The second-order valence-corrected chi connectivity index (χ2v) is 7.22. The number of anilines is 1. The molecule has 2 aromatic rings. The molecule has 1 saturated heterocycles. The van der Waals surface area contributed by atoms with Crippen molar-refractivity contribution in [2.24, 2.45) is 4.99 Å². The van der Waals surface area contributed by atoms with E-state index in [1.54, 1.807) is 24.3 Å². The number of amides is 1. The third kappa shape index (κ3) is 3.60. The Morgan fingerprint density at radius 3 is 2.42 bits per heavy atom. The number of aliphatic imine (C=N–C) groups is 1. The summed E-state index contributed by atoms with van der Waals surface area (Å²) in [6.07, 6.45) is 1.78. The summed E-state index contributed by atoms with van der Waals surface area (Å²) in [5.74, 6) is -0.0215. The quantitative estimate of drug-likeness (QED) is 0.829. The van der Waals surface area contributed by atoms with Crippen LogP contribution in [0.15, 0.2) is 64.5 Å². The largest absolute Gasteiger partial charge is 0.508 e. The number of phenolic OH excluding ortho intramolecular Hbond substituents is 1. The fourth-order valence-corrected chi connectivity index (χ4v) is 4.06. The van der Waals surface area contributed by atoms with Crippen molar-refractivity contribution in [3.8, 4) is 5.75 Å². The van der Waals surface area contributed by atoms with Crippen molar-refractivity contribution in [1.82, 2.24) is 4.90 Å². The van der Waals surface area contributed by atoms with Gasteiger partial charge in [0.1, 0.15) is 5.75 Å². The van der Waals surface area contributed by atoms with E-state index in [1.807, 2.05) is 12.1 Å². The number of nitrogens with zero attached hydrogens (tertiary/aromatic N) is 3. The minimum atomic E-state index is -0.209. The SMILES string of the molecule is O=C1N=C(N2CCN(c3ccccc3)CC2)S/C1=C\c1cccc(O)c1. The van der Waals surface area contributed by atoms with Crippen molar-refractivity contribution in [1.29, 1.82) is 0 Å². The number of aromatic hydroxyl groups is 1. The molecular formula is C20H19N3O2S. The molecule has 2 aliphatic rings. The first-order valence-electron chi connectivity index (χ1n) is 8.55. The molecule has 0 bridgehead atoms. The van der Waals surface area contributed by atoms with Gasteiger partial charge in [-0.1, -0.05) is 30.3 Å². The summed E-state index contributed by atoms with van der Waals surface area (Å²) in [6, 6.07) is 17.2. The average Bonchev–Trinajstić information content (AvgIpc) is 3.03. The average molecular weight is 365 g/mol. The van der Waals surface area contributed by atoms with Gasteiger partial charge in [-0.25, -0.2) is 0 Å². The summed E-state index contributed by atoms with van der Waals surface area (Å²) < 4.78 is 0. The second kappa shape index (κ2) is 7.25. The smallest absolute Gasteiger partial charge is 0.286 e. The fraction of sp³-hybridized carbons (Fsp3) is 0.200. The molecule has 1 N–H and O–H groups in total. The van der Waals surface area contributed by atoms with Crippen molar-refractivity contribution < 1.29 is 9.90 Å². The van der Waals surface area contributed by atoms with Crippen molar-refractivity contribution in [3.05, 3.63) is 65.1 Å². The molecule has 0 spiro atoms. The Bertz CT molecular complexity index is 872. The van der Waals surface area contributed by atoms with E-state index in [9.17, 15) is 9.90 Å². The summed E-state index contributed by atoms with van der Waals surface area (Å²) in [6.45, 7) is 3.49. The number of hydrogen-bond acceptors (Lipinski definition) is 5. The molecule has 2 aromatic carbocycles. The zero-order valence-electron chi connectivity index (χ0n) is 14.2. The van der Waals surface area contributed by atoms with Gasteiger partial charge in [0.25, 0.3) is 5.91 Å². The maximum atomic E-state index is 12.2. The second-order valence-electron chi connectivity index (χ2n) is 6.21. The third-order valence-electron chi connectivity index (χ3n) is 4.45. The van der Waals surface area contributed by atoms with E-state index >= 15 is 0 Å². The number of para-hydroxylation sites is 1. The summed E-state index contributed by atoms with van der Waals surface area (Å²) in [5.41, 5.74) is 2.03. The van der Waals surface area contributed by atoms with Gasteiger partial charge >= 0.3 is 0 Å². The van der Waals surface area contributed by atoms with Crippen LogP contribution in [0.25, 0.3) is 6.08 Å². The Morgan fingerprint density at radius 2 is 1.69 bits per heavy atom. The Hall–Kier alpha value is -2.73. The molecule has 4 rings (SSSR count). The van der Waals surface area contributed by atoms with E-state index in [-0.39, 0.29) is 11.7 Å². The van der Waals surface area contributed by atoms with E-state index in [0.717, 1.165) is 36.9 Å². The first-order valence-corrected chi connectivity index (χ1v) is 9.37. The molecule has 0 aliphatic carbocycles. The standard InChI is InChI=1S/C20H19N3O2S/c24-17-8-4-5-15(13-17)14-18-19(25)21-20(26-18)23-11-9-22(10-12-23)16-6-2-1-3-7-16/h1-8,13-14,24H,9-12H2/b18-14-. The van der Waals surface area contributed by atoms with Gasteiger partial charge in [-0.15, -0.1) is 0 Å². The predicted octanol–water partition coefficient (Wildman–Crippen LogP) is 3.18. The van der Waals surface area contributed by atoms with E-state index in [1.165, 1.54) is 17.4 Å². The lowest BCUT2D eigenvalue weighted by Gasteiger charge is -2.36. The molecule has 6 heteroatoms. The molecule has 1 fully saturated rings. The highest BCUT2D eigenvalue weighted by atomic mass is 32.2. The minimum absolute atomic E-state index is 0.188. The van der Waals surface area contributed by atoms with Gasteiger partial charge in [0.2, 0.25) is 0 Å². The van der Waals surface area contributed by atoms with Gasteiger partial charge in [0, 0.05) is 31.9 Å². The molecule has 2 aliphatic heterocycles. The fourth-order valence-electron chi connectivity index (χ4n) is 3.09. The maximum absolute atomic E-state index is 12.2. The molecule has 0 radical (unpaired) electrons. The molecule has 0 aromatic heterocycles. The summed E-state index contributed by atoms with van der Waals surface area (Å²) >= 11 is 1.41. The summed E-state index contributed by atoms with van der Waals surface area (Å²) in [5, 5.41) is 10.3. The van der Waals surface area contributed by atoms with Crippen molar-refractivity contribution >= 4 is 34.6 Å². The van der Waals surface area contributed by atoms with Crippen LogP contribution in [0.1, 0.15) is 5.56 Å². The highest BCUT2D eigenvalue weighted by molar-refractivity contribution is 8.18. The lowest BCUT2D eigenvalue weighted by Crippen LogP contribution is -2.47. The zero-order valence-corrected chi connectivity index (χ0v) is 15.0. The lowest BCUT2D eigenvalue weighted by atomic mass is 10.2. The van der Waals surface area contributed by atoms with Gasteiger partial charge in [-0.05, 0) is 47.7 Å². The summed E-state index contributed by atoms with van der Waals surface area (Å²) in [7, 11) is 0. The van der Waals surface area contributed by atoms with Crippen LogP contribution < -0.4 is 4.90 Å². The van der Waals surface area contributed by atoms with Crippen LogP contribution in [0.2, 0.25) is 0 Å². The third-order valence-corrected chi connectivity index (χ3v) is 5.49. The van der Waals surface area contributed by atoms with Crippen LogP contribution in [0.3, 0.4) is 0 Å². The number of thioether (sulfide) groups is 1. The highest BCUT2D eigenvalue weighted by Crippen LogP contribution is 2.31. The van der Waals surface area contributed by atoms with Gasteiger partial charge in [0.05, 0.1) is 4.91 Å². The number of benzene rings is 2. The van der Waals surface area contributed by atoms with E-state index < -0.39 is 0 Å². The van der Waals surface area contributed by atoms with Gasteiger partial charge in [-0.2, -0.15) is 4.99 Å². The highest BCUT2D eigenvalue weighted by Gasteiger charge is 2.28. The van der Waals surface area contributed by atoms with Crippen molar-refractivity contribution in [3.63, 3.8) is 0 Å². The van der Waals surface area contributed by atoms with Crippen molar-refractivity contribution in [2.45, 2.75) is 0 Å². The first kappa shape index (κ1) is 16.7. The Kier molecular flexibility index (Phi) is 4.67. The van der Waals surface area contributed by atoms with E-state index in [4.69, 9.17) is 0 Å². The molecule has 2 heterocycles. The normalized spacial score (nSPS) is 19.2. The number of carbonyl (C=O) groups excluding carboxylic acids is 1. The van der Waals surface area contributed by atoms with Crippen LogP contribution in [-0.2, 0) is 4.79 Å². The molecule has 0 saturated carbocycles. The summed E-state index contributed by atoms with van der Waals surface area (Å²) in [4.78, 5) is 21.6. The number of rotatable bonds is 2. The Labute approximate surface area is 156 Å². The zero-order chi connectivity index (χ0) is 17.9. The number of carbonyl (C=O) groups is 1. The van der Waals surface area contributed by atoms with Crippen molar-refractivity contribution in [2.75, 3.05) is 31.1 Å². The first-order chi connectivity index (χ1) is 12.7. The molecule has 0 atom stereocenters. The maximum Gasteiger partial charge on any atom is 0.286 e. The topological polar surface area (TPSA) is 56.1 Å². The number of phenols is 1. The number of hydrogen-bond donors (Lipinski definition) is 1. The van der Waals surface area contributed by atoms with E-state index in [0.29, 0.717) is 4.91 Å². The minimum Gasteiger partial charge on any atom is -0.508 e. The monoisotopic (exact) mass is 365 g/mol. The Balaban J connectivity index is 1.41. The molecule has 5 nitrogen and oxygen atoms in total. The van der Waals surface area contributed by atoms with Gasteiger partial charge in [-0.3, -0.25) is 4.79 Å². The van der Waals surface area contributed by atoms with Crippen LogP contribution in [0.5, 0.6) is 5.75 Å². The van der Waals surface area contributed by atoms with Crippen LogP contribution in [0, 0.1) is 0 Å². The van der Waals surface area contributed by atoms with Crippen LogP contribution >= 0.6 is 11.8 Å². The van der Waals surface area contributed by atoms with Crippen LogP contribution in [-0.4, -0.2) is 47.3 Å².